The van der Waals surface area contributed by atoms with Crippen molar-refractivity contribution in [3.63, 3.8) is 0 Å². The highest BCUT2D eigenvalue weighted by molar-refractivity contribution is 5.81. The Morgan fingerprint density at radius 3 is 2.54 bits per heavy atom. The number of amides is 1. The first-order valence-corrected chi connectivity index (χ1v) is 9.47. The van der Waals surface area contributed by atoms with E-state index < -0.39 is 23.7 Å². The van der Waals surface area contributed by atoms with Gasteiger partial charge in [0.15, 0.2) is 0 Å². The number of esters is 1. The summed E-state index contributed by atoms with van der Waals surface area (Å²) in [5.74, 6) is -0.501. The topological polar surface area (TPSA) is 85.9 Å². The van der Waals surface area contributed by atoms with Gasteiger partial charge in [0.25, 0.3) is 0 Å². The summed E-state index contributed by atoms with van der Waals surface area (Å²) in [5.41, 5.74) is 3.35. The van der Waals surface area contributed by atoms with E-state index in [1.807, 2.05) is 30.3 Å². The molecule has 0 spiro atoms. The molecule has 0 radical (unpaired) electrons. The van der Waals surface area contributed by atoms with E-state index in [2.05, 4.69) is 17.4 Å². The molecule has 0 aliphatic carbocycles. The highest BCUT2D eigenvalue weighted by atomic mass is 16.6. The Morgan fingerprint density at radius 2 is 1.89 bits per heavy atom. The Bertz CT molecular complexity index is 599. The molecule has 1 amide bonds. The van der Waals surface area contributed by atoms with Gasteiger partial charge >= 0.3 is 12.1 Å². The lowest BCUT2D eigenvalue weighted by atomic mass is 10.1. The molecule has 7 heteroatoms. The Labute approximate surface area is 167 Å². The predicted molar refractivity (Wildman–Crippen MR) is 107 cm³/mol. The molecule has 0 saturated carbocycles. The number of ether oxygens (including phenoxy) is 2. The zero-order chi connectivity index (χ0) is 20.8. The molecule has 156 valence electrons. The first-order valence-electron chi connectivity index (χ1n) is 9.47. The third-order valence-corrected chi connectivity index (χ3v) is 3.52. The number of alkyl carbamates (subject to hydrolysis) is 1. The van der Waals surface area contributed by atoms with Crippen LogP contribution in [-0.2, 0) is 25.7 Å². The predicted octanol–water partition coefficient (Wildman–Crippen LogP) is 3.50. The maximum atomic E-state index is 12.1. The van der Waals surface area contributed by atoms with Gasteiger partial charge in [-0.3, -0.25) is 4.84 Å². The van der Waals surface area contributed by atoms with E-state index in [0.717, 1.165) is 12.0 Å². The lowest BCUT2D eigenvalue weighted by molar-refractivity contribution is -0.145. The average molecular weight is 392 g/mol. The van der Waals surface area contributed by atoms with Gasteiger partial charge in [-0.05, 0) is 45.6 Å². The molecule has 0 aromatic heterocycles. The standard InChI is InChI=1S/C21H32N2O5/c1-5-15-26-19(24)18(23-20(25)28-21(2,3)4)13-9-10-14-22-27-16-17-11-7-6-8-12-17/h5-8,11-12,18,22H,1,9-10,13-16H2,2-4H3,(H,23,25)/t18-/m0/s1. The van der Waals surface area contributed by atoms with Gasteiger partial charge in [0, 0.05) is 6.54 Å². The highest BCUT2D eigenvalue weighted by Gasteiger charge is 2.25. The minimum absolute atomic E-state index is 0.0974. The molecule has 0 bridgehead atoms. The number of carbonyl (C=O) groups is 2. The Balaban J connectivity index is 2.32. The number of hydrogen-bond acceptors (Lipinski definition) is 6. The van der Waals surface area contributed by atoms with Gasteiger partial charge in [0.1, 0.15) is 18.2 Å². The second-order valence-corrected chi connectivity index (χ2v) is 7.28. The van der Waals surface area contributed by atoms with Gasteiger partial charge in [-0.2, -0.15) is 0 Å². The summed E-state index contributed by atoms with van der Waals surface area (Å²) in [7, 11) is 0. The van der Waals surface area contributed by atoms with E-state index in [-0.39, 0.29) is 6.61 Å². The molecule has 1 aromatic rings. The smallest absolute Gasteiger partial charge is 0.408 e. The first-order chi connectivity index (χ1) is 13.3. The molecule has 1 atom stereocenters. The third kappa shape index (κ3) is 11.4. The molecule has 0 aliphatic heterocycles. The van der Waals surface area contributed by atoms with Crippen LogP contribution in [0, 0.1) is 0 Å². The van der Waals surface area contributed by atoms with Crippen molar-refractivity contribution in [3.8, 4) is 0 Å². The monoisotopic (exact) mass is 392 g/mol. The van der Waals surface area contributed by atoms with E-state index in [1.54, 1.807) is 20.8 Å². The van der Waals surface area contributed by atoms with Crippen molar-refractivity contribution >= 4 is 12.1 Å². The molecule has 1 aromatic carbocycles. The Hall–Kier alpha value is -2.38. The van der Waals surface area contributed by atoms with Crippen LogP contribution in [0.15, 0.2) is 43.0 Å². The van der Waals surface area contributed by atoms with Crippen molar-refractivity contribution in [2.75, 3.05) is 13.2 Å². The summed E-state index contributed by atoms with van der Waals surface area (Å²) in [5, 5.41) is 2.58. The van der Waals surface area contributed by atoms with E-state index >= 15 is 0 Å². The van der Waals surface area contributed by atoms with Crippen LogP contribution in [0.2, 0.25) is 0 Å². The molecule has 0 unspecified atom stereocenters. The van der Waals surface area contributed by atoms with Gasteiger partial charge in [-0.15, -0.1) is 0 Å². The van der Waals surface area contributed by atoms with Crippen LogP contribution >= 0.6 is 0 Å². The maximum absolute atomic E-state index is 12.1. The number of rotatable bonds is 12. The van der Waals surface area contributed by atoms with Crippen LogP contribution < -0.4 is 10.8 Å². The summed E-state index contributed by atoms with van der Waals surface area (Å²) in [4.78, 5) is 29.5. The van der Waals surface area contributed by atoms with Crippen molar-refractivity contribution in [1.29, 1.82) is 0 Å². The molecular weight excluding hydrogens is 360 g/mol. The average Bonchev–Trinajstić information content (AvgIpc) is 2.63. The fraction of sp³-hybridized carbons (Fsp3) is 0.524. The molecule has 0 aliphatic rings. The molecule has 7 nitrogen and oxygen atoms in total. The summed E-state index contributed by atoms with van der Waals surface area (Å²) < 4.78 is 10.3. The summed E-state index contributed by atoms with van der Waals surface area (Å²) in [6, 6.07) is 9.09. The van der Waals surface area contributed by atoms with Crippen molar-refractivity contribution in [1.82, 2.24) is 10.8 Å². The van der Waals surface area contributed by atoms with E-state index in [0.29, 0.717) is 26.0 Å². The van der Waals surface area contributed by atoms with Gasteiger partial charge in [-0.1, -0.05) is 43.0 Å². The molecule has 0 saturated heterocycles. The number of hydrogen-bond donors (Lipinski definition) is 2. The van der Waals surface area contributed by atoms with Crippen LogP contribution in [0.5, 0.6) is 0 Å². The minimum atomic E-state index is -0.764. The van der Waals surface area contributed by atoms with E-state index in [1.165, 1.54) is 6.08 Å². The van der Waals surface area contributed by atoms with Crippen molar-refractivity contribution < 1.29 is 23.9 Å². The Kier molecular flexibility index (Phi) is 10.9. The molecule has 28 heavy (non-hydrogen) atoms. The normalized spacial score (nSPS) is 12.1. The molecule has 0 fully saturated rings. The second-order valence-electron chi connectivity index (χ2n) is 7.28. The molecular formula is C21H32N2O5. The number of nitrogens with one attached hydrogen (secondary N) is 2. The van der Waals surface area contributed by atoms with Gasteiger partial charge in [0.05, 0.1) is 6.61 Å². The second kappa shape index (κ2) is 12.9. The van der Waals surface area contributed by atoms with Gasteiger partial charge in [-0.25, -0.2) is 15.1 Å². The van der Waals surface area contributed by atoms with Gasteiger partial charge < -0.3 is 14.8 Å². The van der Waals surface area contributed by atoms with Crippen molar-refractivity contribution in [2.45, 2.75) is 58.3 Å². The molecule has 0 heterocycles. The molecule has 2 N–H and O–H groups in total. The number of unbranched alkanes of at least 4 members (excludes halogenated alkanes) is 1. The van der Waals surface area contributed by atoms with Crippen LogP contribution in [0.1, 0.15) is 45.6 Å². The van der Waals surface area contributed by atoms with Crippen molar-refractivity contribution in [2.24, 2.45) is 0 Å². The number of hydroxylamine groups is 1. The first kappa shape index (κ1) is 23.7. The minimum Gasteiger partial charge on any atom is -0.460 e. The fourth-order valence-electron chi connectivity index (χ4n) is 2.27. The zero-order valence-corrected chi connectivity index (χ0v) is 17.0. The molecule has 1 rings (SSSR count). The van der Waals surface area contributed by atoms with E-state index in [9.17, 15) is 9.59 Å². The van der Waals surface area contributed by atoms with Gasteiger partial charge in [0.2, 0.25) is 0 Å². The fourth-order valence-corrected chi connectivity index (χ4v) is 2.27. The lowest BCUT2D eigenvalue weighted by Crippen LogP contribution is -2.44. The largest absolute Gasteiger partial charge is 0.460 e. The third-order valence-electron chi connectivity index (χ3n) is 3.52. The zero-order valence-electron chi connectivity index (χ0n) is 17.0. The SMILES string of the molecule is C=CCOC(=O)[C@H](CCCCNOCc1ccccc1)NC(=O)OC(C)(C)C. The van der Waals surface area contributed by atoms with Crippen LogP contribution in [-0.4, -0.2) is 36.9 Å². The van der Waals surface area contributed by atoms with Crippen LogP contribution in [0.3, 0.4) is 0 Å². The highest BCUT2D eigenvalue weighted by Crippen LogP contribution is 2.09. The maximum Gasteiger partial charge on any atom is 0.408 e. The van der Waals surface area contributed by atoms with Crippen molar-refractivity contribution in [3.05, 3.63) is 48.6 Å². The summed E-state index contributed by atoms with van der Waals surface area (Å²) in [6.07, 6.45) is 2.75. The summed E-state index contributed by atoms with van der Waals surface area (Å²) in [6.45, 7) is 10.0. The van der Waals surface area contributed by atoms with Crippen LogP contribution in [0.4, 0.5) is 4.79 Å². The van der Waals surface area contributed by atoms with Crippen LogP contribution in [0.25, 0.3) is 0 Å². The quantitative estimate of drug-likeness (QED) is 0.245. The summed E-state index contributed by atoms with van der Waals surface area (Å²) >= 11 is 0. The number of carbonyl (C=O) groups excluding carboxylic acids is 2. The Morgan fingerprint density at radius 1 is 1.18 bits per heavy atom. The lowest BCUT2D eigenvalue weighted by Gasteiger charge is -2.22. The van der Waals surface area contributed by atoms with E-state index in [4.69, 9.17) is 14.3 Å². The number of benzene rings is 1.